The van der Waals surface area contributed by atoms with Gasteiger partial charge in [0.1, 0.15) is 0 Å². The van der Waals surface area contributed by atoms with Gasteiger partial charge >= 0.3 is 17.1 Å². The Labute approximate surface area is 55.0 Å². The Morgan fingerprint density at radius 1 is 1.00 bits per heavy atom. The van der Waals surface area contributed by atoms with Gasteiger partial charge < -0.3 is 10.2 Å². The second-order valence-corrected chi connectivity index (χ2v) is 0.577. The number of hydrogen-bond donors (Lipinski definition) is 0. The molecule has 2 nitrogen and oxygen atoms in total. The molecule has 7 heavy (non-hydrogen) atoms. The first-order valence-corrected chi connectivity index (χ1v) is 1.99. The monoisotopic (exact) mass is 153 g/mol. The van der Waals surface area contributed by atoms with Crippen molar-refractivity contribution in [3.8, 4) is 0 Å². The van der Waals surface area contributed by atoms with E-state index in [4.69, 9.17) is 10.2 Å². The van der Waals surface area contributed by atoms with Crippen LogP contribution in [-0.2, 0) is 17.1 Å². The van der Waals surface area contributed by atoms with Crippen molar-refractivity contribution < 1.29 is 27.3 Å². The van der Waals surface area contributed by atoms with E-state index in [0.29, 0.717) is 0 Å². The third-order valence-corrected chi connectivity index (χ3v) is 0. The maximum Gasteiger partial charge on any atom is 2.00 e. The average molecular weight is 154 g/mol. The predicted octanol–water partition coefficient (Wildman–Crippen LogP) is -1.27. The van der Waals surface area contributed by atoms with Crippen molar-refractivity contribution in [2.45, 2.75) is 13.8 Å². The molecule has 0 aliphatic heterocycles. The van der Waals surface area contributed by atoms with E-state index in [1.165, 1.54) is 0 Å². The topological polar surface area (TPSA) is 46.1 Å². The zero-order valence-corrected chi connectivity index (χ0v) is 5.47. The second-order valence-electron chi connectivity index (χ2n) is 0.577. The molecule has 0 bridgehead atoms. The normalized spacial score (nSPS) is 5.14. The molecular formula is C4H10CuO2. The first kappa shape index (κ1) is 15.7. The van der Waals surface area contributed by atoms with E-state index in [9.17, 15) is 0 Å². The summed E-state index contributed by atoms with van der Waals surface area (Å²) in [5, 5.41) is 17.9. The van der Waals surface area contributed by atoms with Crippen LogP contribution in [0.5, 0.6) is 0 Å². The third kappa shape index (κ3) is 657. The summed E-state index contributed by atoms with van der Waals surface area (Å²) < 4.78 is 0. The van der Waals surface area contributed by atoms with Gasteiger partial charge in [0.2, 0.25) is 0 Å². The fourth-order valence-electron chi connectivity index (χ4n) is 0. The predicted molar refractivity (Wildman–Crippen MR) is 21.1 cm³/mol. The molecule has 49 valence electrons. The summed E-state index contributed by atoms with van der Waals surface area (Å²) in [4.78, 5) is 0. The van der Waals surface area contributed by atoms with Crippen LogP contribution in [0, 0.1) is 0 Å². The minimum atomic E-state index is 0. The molecule has 0 spiro atoms. The van der Waals surface area contributed by atoms with Crippen LogP contribution < -0.4 is 10.2 Å². The van der Waals surface area contributed by atoms with Crippen LogP contribution in [-0.4, -0.2) is 13.2 Å². The molecule has 0 aliphatic rings. The molecular weight excluding hydrogens is 144 g/mol. The summed E-state index contributed by atoms with van der Waals surface area (Å²) in [6, 6.07) is 0. The van der Waals surface area contributed by atoms with Crippen LogP contribution in [0.2, 0.25) is 0 Å². The fraction of sp³-hybridized carbons (Fsp3) is 1.00. The van der Waals surface area contributed by atoms with Crippen molar-refractivity contribution in [3.63, 3.8) is 0 Å². The van der Waals surface area contributed by atoms with Crippen LogP contribution in [0.4, 0.5) is 0 Å². The Balaban J connectivity index is -0.0000000400. The third-order valence-electron chi connectivity index (χ3n) is 0. The first-order chi connectivity index (χ1) is 2.83. The van der Waals surface area contributed by atoms with Gasteiger partial charge in [-0.05, 0) is 0 Å². The van der Waals surface area contributed by atoms with Crippen LogP contribution in [0.25, 0.3) is 0 Å². The molecule has 0 rings (SSSR count). The summed E-state index contributed by atoms with van der Waals surface area (Å²) in [6.45, 7) is 3.14. The summed E-state index contributed by atoms with van der Waals surface area (Å²) in [5.74, 6) is 0. The molecule has 0 aliphatic carbocycles. The zero-order chi connectivity index (χ0) is 5.41. The second kappa shape index (κ2) is 32.0. The van der Waals surface area contributed by atoms with Gasteiger partial charge in [-0.15, -0.1) is 13.2 Å². The van der Waals surface area contributed by atoms with Gasteiger partial charge in [-0.3, -0.25) is 0 Å². The SMILES string of the molecule is CC[O-].CC[O-].[Cu+2]. The Bertz CT molecular complexity index is 11.7. The molecule has 0 aromatic rings. The van der Waals surface area contributed by atoms with E-state index in [0.717, 1.165) is 0 Å². The van der Waals surface area contributed by atoms with Gasteiger partial charge in [-0.2, -0.15) is 0 Å². The Morgan fingerprint density at radius 2 is 1.00 bits per heavy atom. The Kier molecular flexibility index (Phi) is 71.6. The standard InChI is InChI=1S/2C2H5O.Cu/c2*1-2-3;/h2*2H2,1H3;/q2*-1;+2. The van der Waals surface area contributed by atoms with Crippen molar-refractivity contribution in [2.75, 3.05) is 13.2 Å². The van der Waals surface area contributed by atoms with Crippen LogP contribution in [0.15, 0.2) is 0 Å². The molecule has 3 heteroatoms. The minimum absolute atomic E-state index is 0. The summed E-state index contributed by atoms with van der Waals surface area (Å²) in [5.41, 5.74) is 0. The largest absolute Gasteiger partial charge is 2.00 e. The van der Waals surface area contributed by atoms with E-state index in [1.54, 1.807) is 13.8 Å². The van der Waals surface area contributed by atoms with E-state index in [1.807, 2.05) is 0 Å². The Morgan fingerprint density at radius 3 is 1.00 bits per heavy atom. The molecule has 0 N–H and O–H groups in total. The van der Waals surface area contributed by atoms with Crippen molar-refractivity contribution in [3.05, 3.63) is 0 Å². The minimum Gasteiger partial charge on any atom is -0.855 e. The molecule has 0 saturated carbocycles. The molecule has 0 atom stereocenters. The summed E-state index contributed by atoms with van der Waals surface area (Å²) >= 11 is 0. The van der Waals surface area contributed by atoms with Gasteiger partial charge in [0.05, 0.1) is 0 Å². The van der Waals surface area contributed by atoms with Gasteiger partial charge in [-0.25, -0.2) is 0 Å². The molecule has 0 unspecified atom stereocenters. The maximum absolute atomic E-state index is 8.93. The van der Waals surface area contributed by atoms with Crippen molar-refractivity contribution >= 4 is 0 Å². The van der Waals surface area contributed by atoms with E-state index < -0.39 is 0 Å². The number of rotatable bonds is 0. The van der Waals surface area contributed by atoms with E-state index in [-0.39, 0.29) is 30.3 Å². The van der Waals surface area contributed by atoms with Gasteiger partial charge in [-0.1, -0.05) is 13.8 Å². The van der Waals surface area contributed by atoms with Crippen molar-refractivity contribution in [1.29, 1.82) is 0 Å². The van der Waals surface area contributed by atoms with Gasteiger partial charge in [0.25, 0.3) is 0 Å². The van der Waals surface area contributed by atoms with Gasteiger partial charge in [0, 0.05) is 0 Å². The summed E-state index contributed by atoms with van der Waals surface area (Å²) in [6.07, 6.45) is 0. The van der Waals surface area contributed by atoms with Crippen molar-refractivity contribution in [1.82, 2.24) is 0 Å². The van der Waals surface area contributed by atoms with E-state index in [2.05, 4.69) is 0 Å². The molecule has 0 aromatic heterocycles. The maximum atomic E-state index is 8.93. The molecule has 0 aromatic carbocycles. The molecule has 0 amide bonds. The van der Waals surface area contributed by atoms with Crippen molar-refractivity contribution in [2.24, 2.45) is 0 Å². The molecule has 1 radical (unpaired) electrons. The molecule has 0 fully saturated rings. The fourth-order valence-corrected chi connectivity index (χ4v) is 0. The summed E-state index contributed by atoms with van der Waals surface area (Å²) in [7, 11) is 0. The Hall–Kier alpha value is 0.439. The molecule has 0 heterocycles. The van der Waals surface area contributed by atoms with Crippen LogP contribution in [0.1, 0.15) is 13.8 Å². The quantitative estimate of drug-likeness (QED) is 0.408. The smallest absolute Gasteiger partial charge is 0.855 e. The van der Waals surface area contributed by atoms with Crippen LogP contribution in [0.3, 0.4) is 0 Å². The zero-order valence-electron chi connectivity index (χ0n) is 4.53. The first-order valence-electron chi connectivity index (χ1n) is 1.99. The average Bonchev–Trinajstić information content (AvgIpc) is 1.39. The van der Waals surface area contributed by atoms with Crippen LogP contribution >= 0.6 is 0 Å². The molecule has 0 saturated heterocycles. The van der Waals surface area contributed by atoms with E-state index >= 15 is 0 Å². The van der Waals surface area contributed by atoms with Gasteiger partial charge in [0.15, 0.2) is 0 Å². The number of hydrogen-bond acceptors (Lipinski definition) is 2.